The lowest BCUT2D eigenvalue weighted by molar-refractivity contribution is -0.141. The van der Waals surface area contributed by atoms with E-state index in [-0.39, 0.29) is 10.9 Å². The molecule has 0 bridgehead atoms. The number of carbonyl (C=O) groups is 2. The predicted octanol–water partition coefficient (Wildman–Crippen LogP) is 2.45. The minimum atomic E-state index is -4.82. The van der Waals surface area contributed by atoms with Crippen molar-refractivity contribution in [3.8, 4) is 0 Å². The Kier molecular flexibility index (Phi) is 2.61. The first kappa shape index (κ1) is 12.2. The summed E-state index contributed by atoms with van der Waals surface area (Å²) in [5, 5.41) is 8.51. The second kappa shape index (κ2) is 3.86. The topological polar surface area (TPSA) is 70.2 Å². The quantitative estimate of drug-likeness (QED) is 0.641. The van der Waals surface area contributed by atoms with Crippen molar-refractivity contribution in [2.45, 2.75) is 6.18 Å². The fourth-order valence-corrected chi connectivity index (χ4v) is 1.70. The number of alkyl halides is 3. The summed E-state index contributed by atoms with van der Waals surface area (Å²) < 4.78 is 38.2. The van der Waals surface area contributed by atoms with Crippen LogP contribution in [0.25, 0.3) is 10.9 Å². The van der Waals surface area contributed by atoms with E-state index < -0.39 is 29.2 Å². The summed E-state index contributed by atoms with van der Waals surface area (Å²) in [4.78, 5) is 24.0. The molecule has 1 aromatic heterocycles. The van der Waals surface area contributed by atoms with Crippen LogP contribution in [0.1, 0.15) is 16.1 Å². The normalized spacial score (nSPS) is 11.7. The summed E-state index contributed by atoms with van der Waals surface area (Å²) in [6.45, 7) is 0. The summed E-state index contributed by atoms with van der Waals surface area (Å²) in [6, 6.07) is 5.50. The molecular formula is C11H6F3NO3. The number of hydrogen-bond acceptors (Lipinski definition) is 2. The van der Waals surface area contributed by atoms with E-state index >= 15 is 0 Å². The highest BCUT2D eigenvalue weighted by Gasteiger charge is 2.39. The number of carboxylic acids is 1. The lowest BCUT2D eigenvalue weighted by atomic mass is 10.1. The van der Waals surface area contributed by atoms with Crippen molar-refractivity contribution in [3.05, 3.63) is 35.5 Å². The van der Waals surface area contributed by atoms with Crippen LogP contribution in [0.4, 0.5) is 13.2 Å². The van der Waals surface area contributed by atoms with Gasteiger partial charge in [-0.15, -0.1) is 0 Å². The first-order valence-corrected chi connectivity index (χ1v) is 4.78. The van der Waals surface area contributed by atoms with Gasteiger partial charge in [-0.05, 0) is 6.07 Å². The average molecular weight is 257 g/mol. The number of H-pyrrole nitrogens is 1. The standard InChI is InChI=1S/C11H6F3NO3/c12-11(13,14)9-7(8(16)10(17)18)5-3-1-2-4-6(5)15-9/h1-4,15H,(H,17,18). The van der Waals surface area contributed by atoms with Crippen LogP contribution in [-0.2, 0) is 11.0 Å². The van der Waals surface area contributed by atoms with E-state index in [4.69, 9.17) is 5.11 Å². The molecule has 2 N–H and O–H groups in total. The van der Waals surface area contributed by atoms with Gasteiger partial charge in [0, 0.05) is 10.9 Å². The Bertz CT molecular complexity index is 643. The van der Waals surface area contributed by atoms with Crippen molar-refractivity contribution in [2.75, 3.05) is 0 Å². The number of rotatable bonds is 2. The number of ketones is 1. The van der Waals surface area contributed by atoms with Crippen LogP contribution >= 0.6 is 0 Å². The molecule has 0 spiro atoms. The molecule has 18 heavy (non-hydrogen) atoms. The van der Waals surface area contributed by atoms with Crippen molar-refractivity contribution in [1.82, 2.24) is 4.98 Å². The maximum absolute atomic E-state index is 12.7. The van der Waals surface area contributed by atoms with Crippen molar-refractivity contribution in [1.29, 1.82) is 0 Å². The monoisotopic (exact) mass is 257 g/mol. The number of nitrogens with one attached hydrogen (secondary N) is 1. The van der Waals surface area contributed by atoms with Gasteiger partial charge >= 0.3 is 12.1 Å². The first-order chi connectivity index (χ1) is 8.32. The van der Waals surface area contributed by atoms with Gasteiger partial charge in [-0.2, -0.15) is 13.2 Å². The largest absolute Gasteiger partial charge is 0.475 e. The van der Waals surface area contributed by atoms with Crippen LogP contribution in [0.3, 0.4) is 0 Å². The Balaban J connectivity index is 2.82. The average Bonchev–Trinajstić information content (AvgIpc) is 2.66. The number of fused-ring (bicyclic) bond motifs is 1. The van der Waals surface area contributed by atoms with Gasteiger partial charge in [0.15, 0.2) is 0 Å². The molecule has 94 valence electrons. The van der Waals surface area contributed by atoms with Crippen LogP contribution in [0, 0.1) is 0 Å². The number of carboxylic acid groups (broad SMARTS) is 1. The number of carbonyl (C=O) groups excluding carboxylic acids is 1. The van der Waals surface area contributed by atoms with Crippen LogP contribution < -0.4 is 0 Å². The molecule has 0 atom stereocenters. The first-order valence-electron chi connectivity index (χ1n) is 4.78. The third kappa shape index (κ3) is 1.83. The molecule has 0 saturated heterocycles. The summed E-state index contributed by atoms with van der Waals surface area (Å²) in [6.07, 6.45) is -4.82. The third-order valence-corrected chi connectivity index (χ3v) is 2.41. The van der Waals surface area contributed by atoms with Crippen molar-refractivity contribution in [2.24, 2.45) is 0 Å². The number of Topliss-reactive ketones (excluding diaryl/α,β-unsaturated/α-hetero) is 1. The van der Waals surface area contributed by atoms with Crippen LogP contribution in [0.2, 0.25) is 0 Å². The van der Waals surface area contributed by atoms with Gasteiger partial charge in [-0.25, -0.2) is 4.79 Å². The van der Waals surface area contributed by atoms with E-state index in [9.17, 15) is 22.8 Å². The van der Waals surface area contributed by atoms with Gasteiger partial charge in [-0.1, -0.05) is 18.2 Å². The molecule has 0 fully saturated rings. The van der Waals surface area contributed by atoms with E-state index in [2.05, 4.69) is 0 Å². The molecule has 0 aliphatic rings. The molecule has 7 heteroatoms. The highest BCUT2D eigenvalue weighted by atomic mass is 19.4. The molecular weight excluding hydrogens is 251 g/mol. The zero-order chi connectivity index (χ0) is 13.5. The molecule has 0 aliphatic carbocycles. The minimum Gasteiger partial charge on any atom is -0.475 e. The molecule has 4 nitrogen and oxygen atoms in total. The van der Waals surface area contributed by atoms with Crippen molar-refractivity contribution >= 4 is 22.7 Å². The lowest BCUT2D eigenvalue weighted by Crippen LogP contribution is -2.18. The molecule has 1 aromatic carbocycles. The summed E-state index contributed by atoms with van der Waals surface area (Å²) >= 11 is 0. The molecule has 0 aliphatic heterocycles. The number of aliphatic carboxylic acids is 1. The maximum Gasteiger partial charge on any atom is 0.432 e. The Morgan fingerprint density at radius 1 is 1.17 bits per heavy atom. The molecule has 1 heterocycles. The van der Waals surface area contributed by atoms with Gasteiger partial charge < -0.3 is 10.1 Å². The van der Waals surface area contributed by atoms with Crippen molar-refractivity contribution < 1.29 is 27.9 Å². The van der Waals surface area contributed by atoms with Crippen LogP contribution in [0.5, 0.6) is 0 Å². The Hall–Kier alpha value is -2.31. The highest BCUT2D eigenvalue weighted by Crippen LogP contribution is 2.35. The van der Waals surface area contributed by atoms with Gasteiger partial charge in [0.05, 0.1) is 5.56 Å². The Labute approximate surface area is 98.0 Å². The van der Waals surface area contributed by atoms with Gasteiger partial charge in [-0.3, -0.25) is 4.79 Å². The maximum atomic E-state index is 12.7. The summed E-state index contributed by atoms with van der Waals surface area (Å²) in [5.74, 6) is -3.51. The zero-order valence-electron chi connectivity index (χ0n) is 8.71. The predicted molar refractivity (Wildman–Crippen MR) is 55.3 cm³/mol. The van der Waals surface area contributed by atoms with E-state index in [1.54, 1.807) is 0 Å². The summed E-state index contributed by atoms with van der Waals surface area (Å²) in [7, 11) is 0. The second-order valence-corrected chi connectivity index (χ2v) is 3.55. The molecule has 0 amide bonds. The number of hydrogen-bond donors (Lipinski definition) is 2. The number of aromatic nitrogens is 1. The van der Waals surface area contributed by atoms with Crippen LogP contribution in [-0.4, -0.2) is 21.8 Å². The van der Waals surface area contributed by atoms with E-state index in [0.29, 0.717) is 0 Å². The number of halogens is 3. The third-order valence-electron chi connectivity index (χ3n) is 2.41. The Morgan fingerprint density at radius 3 is 2.33 bits per heavy atom. The van der Waals surface area contributed by atoms with Gasteiger partial charge in [0.1, 0.15) is 5.69 Å². The van der Waals surface area contributed by atoms with E-state index in [0.717, 1.165) is 0 Å². The number of benzene rings is 1. The zero-order valence-corrected chi connectivity index (χ0v) is 8.71. The van der Waals surface area contributed by atoms with E-state index in [1.165, 1.54) is 24.3 Å². The molecule has 0 saturated carbocycles. The van der Waals surface area contributed by atoms with Gasteiger partial charge in [0.25, 0.3) is 5.78 Å². The lowest BCUT2D eigenvalue weighted by Gasteiger charge is -2.05. The smallest absolute Gasteiger partial charge is 0.432 e. The molecule has 0 unspecified atom stereocenters. The fraction of sp³-hybridized carbons (Fsp3) is 0.0909. The second-order valence-electron chi connectivity index (χ2n) is 3.55. The fourth-order valence-electron chi connectivity index (χ4n) is 1.70. The van der Waals surface area contributed by atoms with E-state index in [1.807, 2.05) is 4.98 Å². The van der Waals surface area contributed by atoms with Gasteiger partial charge in [0.2, 0.25) is 0 Å². The van der Waals surface area contributed by atoms with Crippen LogP contribution in [0.15, 0.2) is 24.3 Å². The minimum absolute atomic E-state index is 0.0581. The molecule has 0 radical (unpaired) electrons. The molecule has 2 rings (SSSR count). The number of para-hydroxylation sites is 1. The highest BCUT2D eigenvalue weighted by molar-refractivity contribution is 6.42. The number of aromatic amines is 1. The SMILES string of the molecule is O=C(O)C(=O)c1c(C(F)(F)F)[nH]c2ccccc12. The summed E-state index contributed by atoms with van der Waals surface area (Å²) in [5.41, 5.74) is -2.13. The van der Waals surface area contributed by atoms with Crippen molar-refractivity contribution in [3.63, 3.8) is 0 Å². The molecule has 2 aromatic rings. The Morgan fingerprint density at radius 2 is 1.78 bits per heavy atom.